The minimum atomic E-state index is -0.346. The van der Waals surface area contributed by atoms with Crippen LogP contribution in [0.2, 0.25) is 0 Å². The van der Waals surface area contributed by atoms with Crippen molar-refractivity contribution in [2.45, 2.75) is 57.8 Å². The summed E-state index contributed by atoms with van der Waals surface area (Å²) in [6, 6.07) is 6.65. The summed E-state index contributed by atoms with van der Waals surface area (Å²) in [7, 11) is 0. The smallest absolute Gasteiger partial charge is 0.244 e. The van der Waals surface area contributed by atoms with Crippen LogP contribution >= 0.6 is 0 Å². The fourth-order valence-electron chi connectivity index (χ4n) is 3.16. The van der Waals surface area contributed by atoms with E-state index in [4.69, 9.17) is 0 Å². The average molecular weight is 290 g/mol. The van der Waals surface area contributed by atoms with Gasteiger partial charge in [-0.2, -0.15) is 0 Å². The van der Waals surface area contributed by atoms with Crippen LogP contribution in [0.5, 0.6) is 0 Å². The molecule has 1 saturated carbocycles. The molecule has 2 aliphatic rings. The van der Waals surface area contributed by atoms with Crippen molar-refractivity contribution >= 4 is 5.91 Å². The lowest BCUT2D eigenvalue weighted by atomic mass is 9.98. The second-order valence-electron chi connectivity index (χ2n) is 6.52. The maximum Gasteiger partial charge on any atom is 0.244 e. The number of nitrogens with zero attached hydrogens (tertiary/aromatic N) is 1. The van der Waals surface area contributed by atoms with E-state index in [2.05, 4.69) is 26.1 Å². The molecule has 3 unspecified atom stereocenters. The van der Waals surface area contributed by atoms with E-state index in [9.17, 15) is 9.18 Å². The summed E-state index contributed by atoms with van der Waals surface area (Å²) in [5.74, 6) is 0.406. The van der Waals surface area contributed by atoms with Gasteiger partial charge in [-0.1, -0.05) is 32.4 Å². The predicted octanol–water partition coefficient (Wildman–Crippen LogP) is 3.22. The van der Waals surface area contributed by atoms with Gasteiger partial charge in [-0.3, -0.25) is 10.1 Å². The third-order valence-corrected chi connectivity index (χ3v) is 5.18. The normalized spacial score (nSPS) is 26.2. The monoisotopic (exact) mass is 290 g/mol. The van der Waals surface area contributed by atoms with Gasteiger partial charge >= 0.3 is 0 Å². The Labute approximate surface area is 125 Å². The van der Waals surface area contributed by atoms with Gasteiger partial charge in [0.05, 0.1) is 0 Å². The number of nitrogens with one attached hydrogen (secondary N) is 1. The van der Waals surface area contributed by atoms with E-state index in [0.717, 1.165) is 24.8 Å². The molecule has 1 heterocycles. The SMILES string of the molecule is CCC(C)C(C)N1C(=O)C2(CC2)NC1c1ccc(F)cc1. The number of carbonyl (C=O) groups is 1. The standard InChI is InChI=1S/C17H23FN2O/c1-4-11(2)12(3)20-15(13-5-7-14(18)8-6-13)19-17(9-10-17)16(20)21/h5-8,11-12,15,19H,4,9-10H2,1-3H3. The van der Waals surface area contributed by atoms with Gasteiger partial charge in [0.15, 0.2) is 0 Å². The summed E-state index contributed by atoms with van der Waals surface area (Å²) in [6.45, 7) is 6.44. The van der Waals surface area contributed by atoms with E-state index >= 15 is 0 Å². The number of benzene rings is 1. The van der Waals surface area contributed by atoms with E-state index in [0.29, 0.717) is 5.92 Å². The minimum Gasteiger partial charge on any atom is -0.318 e. The molecule has 1 aromatic rings. The van der Waals surface area contributed by atoms with Gasteiger partial charge in [-0.15, -0.1) is 0 Å². The third kappa shape index (κ3) is 2.35. The van der Waals surface area contributed by atoms with E-state index in [1.54, 1.807) is 12.1 Å². The van der Waals surface area contributed by atoms with Crippen LogP contribution in [0.15, 0.2) is 24.3 Å². The lowest BCUT2D eigenvalue weighted by Gasteiger charge is -2.34. The van der Waals surface area contributed by atoms with Crippen LogP contribution in [0.3, 0.4) is 0 Å². The molecule has 1 aromatic carbocycles. The fraction of sp³-hybridized carbons (Fsp3) is 0.588. The molecule has 3 rings (SSSR count). The van der Waals surface area contributed by atoms with Gasteiger partial charge in [0.25, 0.3) is 0 Å². The largest absolute Gasteiger partial charge is 0.318 e. The Morgan fingerprint density at radius 3 is 2.48 bits per heavy atom. The molecule has 0 radical (unpaired) electrons. The third-order valence-electron chi connectivity index (χ3n) is 5.18. The highest BCUT2D eigenvalue weighted by molar-refractivity contribution is 5.92. The van der Waals surface area contributed by atoms with Crippen molar-refractivity contribution < 1.29 is 9.18 Å². The first-order valence-corrected chi connectivity index (χ1v) is 7.84. The van der Waals surface area contributed by atoms with E-state index in [-0.39, 0.29) is 29.5 Å². The molecule has 114 valence electrons. The van der Waals surface area contributed by atoms with E-state index < -0.39 is 0 Å². The van der Waals surface area contributed by atoms with Gasteiger partial charge < -0.3 is 4.90 Å². The number of hydrogen-bond donors (Lipinski definition) is 1. The molecule has 2 fully saturated rings. The minimum absolute atomic E-state index is 0.135. The van der Waals surface area contributed by atoms with Crippen molar-refractivity contribution in [2.75, 3.05) is 0 Å². The van der Waals surface area contributed by atoms with Crippen LogP contribution in [0.1, 0.15) is 51.8 Å². The van der Waals surface area contributed by atoms with Crippen LogP contribution in [0, 0.1) is 11.7 Å². The van der Waals surface area contributed by atoms with Crippen LogP contribution in [-0.2, 0) is 4.79 Å². The molecule has 3 atom stereocenters. The van der Waals surface area contributed by atoms with Crippen molar-refractivity contribution in [2.24, 2.45) is 5.92 Å². The van der Waals surface area contributed by atoms with Crippen LogP contribution < -0.4 is 5.32 Å². The second kappa shape index (κ2) is 5.09. The summed E-state index contributed by atoms with van der Waals surface area (Å²) < 4.78 is 13.2. The molecule has 4 heteroatoms. The lowest BCUT2D eigenvalue weighted by molar-refractivity contribution is -0.133. The van der Waals surface area contributed by atoms with Gasteiger partial charge in [-0.05, 0) is 43.4 Å². The summed E-state index contributed by atoms with van der Waals surface area (Å²) in [5, 5.41) is 3.49. The predicted molar refractivity (Wildman–Crippen MR) is 80.0 cm³/mol. The molecular weight excluding hydrogens is 267 g/mol. The molecule has 1 aliphatic carbocycles. The number of carbonyl (C=O) groups excluding carboxylic acids is 1. The van der Waals surface area contributed by atoms with Crippen LogP contribution in [0.25, 0.3) is 0 Å². The lowest BCUT2D eigenvalue weighted by Crippen LogP contribution is -2.42. The first kappa shape index (κ1) is 14.5. The van der Waals surface area contributed by atoms with Gasteiger partial charge in [-0.25, -0.2) is 4.39 Å². The molecule has 1 amide bonds. The molecule has 1 N–H and O–H groups in total. The van der Waals surface area contributed by atoms with E-state index in [1.165, 1.54) is 12.1 Å². The molecule has 1 aliphatic heterocycles. The summed E-state index contributed by atoms with van der Waals surface area (Å²) >= 11 is 0. The van der Waals surface area contributed by atoms with Crippen molar-refractivity contribution in [3.63, 3.8) is 0 Å². The Bertz CT molecular complexity index is 538. The highest BCUT2D eigenvalue weighted by Gasteiger charge is 2.60. The Hall–Kier alpha value is -1.42. The van der Waals surface area contributed by atoms with Crippen molar-refractivity contribution in [1.82, 2.24) is 10.2 Å². The topological polar surface area (TPSA) is 32.3 Å². The highest BCUT2D eigenvalue weighted by Crippen LogP contribution is 2.47. The van der Waals surface area contributed by atoms with Gasteiger partial charge in [0, 0.05) is 6.04 Å². The molecule has 1 spiro atoms. The van der Waals surface area contributed by atoms with Crippen molar-refractivity contribution in [1.29, 1.82) is 0 Å². The van der Waals surface area contributed by atoms with Crippen LogP contribution in [-0.4, -0.2) is 22.4 Å². The Morgan fingerprint density at radius 2 is 1.95 bits per heavy atom. The quantitative estimate of drug-likeness (QED) is 0.923. The Balaban J connectivity index is 1.93. The second-order valence-corrected chi connectivity index (χ2v) is 6.52. The van der Waals surface area contributed by atoms with Gasteiger partial charge in [0.2, 0.25) is 5.91 Å². The van der Waals surface area contributed by atoms with E-state index in [1.807, 2.05) is 4.90 Å². The maximum atomic E-state index is 13.2. The Morgan fingerprint density at radius 1 is 1.33 bits per heavy atom. The Kier molecular flexibility index (Phi) is 3.52. The van der Waals surface area contributed by atoms with Crippen molar-refractivity contribution in [3.8, 4) is 0 Å². The molecule has 0 aromatic heterocycles. The molecule has 21 heavy (non-hydrogen) atoms. The fourth-order valence-corrected chi connectivity index (χ4v) is 3.16. The van der Waals surface area contributed by atoms with Crippen LogP contribution in [0.4, 0.5) is 4.39 Å². The first-order valence-electron chi connectivity index (χ1n) is 7.84. The summed E-state index contributed by atoms with van der Waals surface area (Å²) in [6.07, 6.45) is 2.72. The molecule has 0 bridgehead atoms. The summed E-state index contributed by atoms with van der Waals surface area (Å²) in [5.41, 5.74) is 0.615. The number of amides is 1. The molecule has 3 nitrogen and oxygen atoms in total. The zero-order chi connectivity index (χ0) is 15.2. The zero-order valence-corrected chi connectivity index (χ0v) is 12.9. The summed E-state index contributed by atoms with van der Waals surface area (Å²) in [4.78, 5) is 14.8. The number of halogens is 1. The number of hydrogen-bond acceptors (Lipinski definition) is 2. The average Bonchev–Trinajstić information content (AvgIpc) is 3.21. The highest BCUT2D eigenvalue weighted by atomic mass is 19.1. The van der Waals surface area contributed by atoms with Gasteiger partial charge in [0.1, 0.15) is 17.5 Å². The zero-order valence-electron chi connectivity index (χ0n) is 12.9. The maximum absolute atomic E-state index is 13.2. The first-order chi connectivity index (χ1) is 9.98. The van der Waals surface area contributed by atoms with Crippen molar-refractivity contribution in [3.05, 3.63) is 35.6 Å². The molecular formula is C17H23FN2O. The molecule has 1 saturated heterocycles. The number of rotatable bonds is 4.